The van der Waals surface area contributed by atoms with Gasteiger partial charge in [0, 0.05) is 12.1 Å². The highest BCUT2D eigenvalue weighted by molar-refractivity contribution is 5.96. The van der Waals surface area contributed by atoms with Gasteiger partial charge in [0.15, 0.2) is 0 Å². The first-order valence-electron chi connectivity index (χ1n) is 10.6. The molecule has 1 unspecified atom stereocenters. The first-order chi connectivity index (χ1) is 16.0. The van der Waals surface area contributed by atoms with Crippen LogP contribution in [0.15, 0.2) is 60.9 Å². The Morgan fingerprint density at radius 3 is 2.33 bits per heavy atom. The van der Waals surface area contributed by atoms with Crippen LogP contribution in [0.25, 0.3) is 11.1 Å². The largest absolute Gasteiger partial charge is 0.480 e. The van der Waals surface area contributed by atoms with E-state index in [1.54, 1.807) is 6.92 Å². The predicted octanol–water partition coefficient (Wildman–Crippen LogP) is 3.22. The van der Waals surface area contributed by atoms with Crippen LogP contribution in [-0.2, 0) is 20.9 Å². The fourth-order valence-corrected chi connectivity index (χ4v) is 4.02. The lowest BCUT2D eigenvalue weighted by molar-refractivity contribution is -0.137. The average molecular weight is 448 g/mol. The highest BCUT2D eigenvalue weighted by Gasteiger charge is 2.29. The number of carboxylic acid groups (broad SMARTS) is 1. The van der Waals surface area contributed by atoms with E-state index >= 15 is 0 Å². The summed E-state index contributed by atoms with van der Waals surface area (Å²) < 4.78 is 6.70. The topological polar surface area (TPSA) is 123 Å². The lowest BCUT2D eigenvalue weighted by Gasteiger charge is -2.18. The second kappa shape index (κ2) is 9.56. The van der Waals surface area contributed by atoms with Crippen molar-refractivity contribution in [2.24, 2.45) is 0 Å². The maximum Gasteiger partial charge on any atom is 0.407 e. The van der Waals surface area contributed by atoms with Crippen molar-refractivity contribution >= 4 is 23.7 Å². The zero-order valence-electron chi connectivity index (χ0n) is 18.0. The number of aromatic nitrogens is 2. The molecule has 0 aliphatic heterocycles. The number of ether oxygens (including phenoxy) is 1. The van der Waals surface area contributed by atoms with Crippen molar-refractivity contribution in [1.29, 1.82) is 0 Å². The Morgan fingerprint density at radius 1 is 1.09 bits per heavy atom. The van der Waals surface area contributed by atoms with Crippen molar-refractivity contribution in [2.75, 3.05) is 11.9 Å². The minimum Gasteiger partial charge on any atom is -0.480 e. The number of anilines is 1. The smallest absolute Gasteiger partial charge is 0.407 e. The van der Waals surface area contributed by atoms with Crippen LogP contribution in [0, 0.1) is 0 Å². The maximum atomic E-state index is 12.6. The van der Waals surface area contributed by atoms with Crippen molar-refractivity contribution < 1.29 is 24.2 Å². The molecule has 0 saturated carbocycles. The van der Waals surface area contributed by atoms with Crippen LogP contribution in [-0.4, -0.2) is 45.5 Å². The molecule has 9 heteroatoms. The summed E-state index contributed by atoms with van der Waals surface area (Å²) in [6.45, 7) is 1.60. The minimum absolute atomic E-state index is 0.0721. The summed E-state index contributed by atoms with van der Waals surface area (Å²) in [5.74, 6) is -1.56. The monoisotopic (exact) mass is 448 g/mol. The molecule has 2 amide bonds. The molecule has 0 fully saturated rings. The fourth-order valence-electron chi connectivity index (χ4n) is 4.02. The molecule has 0 radical (unpaired) electrons. The minimum atomic E-state index is -1.04. The number of amides is 2. The number of hydrogen-bond donors (Lipinski definition) is 3. The molecule has 1 aliphatic rings. The van der Waals surface area contributed by atoms with Crippen LogP contribution in [0.1, 0.15) is 30.4 Å². The lowest BCUT2D eigenvalue weighted by Crippen LogP contribution is -2.43. The average Bonchev–Trinajstić information content (AvgIpc) is 3.37. The number of nitrogens with one attached hydrogen (secondary N) is 2. The molecule has 1 aliphatic carbocycles. The number of hydrogen-bond acceptors (Lipinski definition) is 5. The zero-order valence-corrected chi connectivity index (χ0v) is 18.0. The number of carbonyl (C=O) groups is 3. The zero-order chi connectivity index (χ0) is 23.4. The van der Waals surface area contributed by atoms with Crippen LogP contribution in [0.4, 0.5) is 10.5 Å². The molecule has 1 atom stereocenters. The molecule has 1 heterocycles. The summed E-state index contributed by atoms with van der Waals surface area (Å²) in [4.78, 5) is 35.8. The number of carboxylic acids is 1. The third kappa shape index (κ3) is 4.87. The Labute approximate surface area is 190 Å². The summed E-state index contributed by atoms with van der Waals surface area (Å²) in [6.07, 6.45) is 2.42. The van der Waals surface area contributed by atoms with Gasteiger partial charge < -0.3 is 20.5 Å². The van der Waals surface area contributed by atoms with E-state index in [1.165, 1.54) is 17.1 Å². The van der Waals surface area contributed by atoms with Gasteiger partial charge in [-0.2, -0.15) is 5.10 Å². The van der Waals surface area contributed by atoms with Gasteiger partial charge in [0.05, 0.1) is 11.9 Å². The van der Waals surface area contributed by atoms with Crippen molar-refractivity contribution in [3.8, 4) is 11.1 Å². The lowest BCUT2D eigenvalue weighted by atomic mass is 9.98. The molecule has 0 saturated heterocycles. The molecule has 170 valence electrons. The third-order valence-corrected chi connectivity index (χ3v) is 5.56. The first kappa shape index (κ1) is 22.1. The second-order valence-corrected chi connectivity index (χ2v) is 7.74. The molecule has 3 N–H and O–H groups in total. The van der Waals surface area contributed by atoms with Gasteiger partial charge in [0.25, 0.3) is 0 Å². The summed E-state index contributed by atoms with van der Waals surface area (Å²) in [6, 6.07) is 15.3. The SMILES string of the molecule is CCC(NC(=O)OCC1c2ccccc2-c2ccccc21)C(=O)Nc1cnn(CC(=O)O)c1. The fraction of sp³-hybridized carbons (Fsp3) is 0.250. The van der Waals surface area contributed by atoms with Crippen molar-refractivity contribution in [1.82, 2.24) is 15.1 Å². The number of benzene rings is 2. The molecule has 0 bridgehead atoms. The van der Waals surface area contributed by atoms with Crippen molar-refractivity contribution in [3.63, 3.8) is 0 Å². The van der Waals surface area contributed by atoms with E-state index in [0.717, 1.165) is 22.3 Å². The highest BCUT2D eigenvalue weighted by atomic mass is 16.5. The van der Waals surface area contributed by atoms with E-state index in [4.69, 9.17) is 9.84 Å². The first-order valence-corrected chi connectivity index (χ1v) is 10.6. The third-order valence-electron chi connectivity index (χ3n) is 5.56. The van der Waals surface area contributed by atoms with Gasteiger partial charge in [-0.15, -0.1) is 0 Å². The molecule has 2 aromatic carbocycles. The predicted molar refractivity (Wildman–Crippen MR) is 121 cm³/mol. The van der Waals surface area contributed by atoms with E-state index in [1.807, 2.05) is 36.4 Å². The number of aliphatic carboxylic acids is 1. The van der Waals surface area contributed by atoms with E-state index in [9.17, 15) is 14.4 Å². The van der Waals surface area contributed by atoms with Crippen LogP contribution >= 0.6 is 0 Å². The Kier molecular flexibility index (Phi) is 6.39. The highest BCUT2D eigenvalue weighted by Crippen LogP contribution is 2.44. The molecule has 9 nitrogen and oxygen atoms in total. The standard InChI is InChI=1S/C24H24N4O5/c1-2-21(23(31)26-15-11-25-28(12-15)13-22(29)30)27-24(32)33-14-20-18-9-5-3-7-16(18)17-8-4-6-10-19(17)20/h3-12,20-21H,2,13-14H2,1H3,(H,26,31)(H,27,32)(H,29,30). The quantitative estimate of drug-likeness (QED) is 0.486. The summed E-state index contributed by atoms with van der Waals surface area (Å²) in [5.41, 5.74) is 4.83. The molecule has 1 aromatic heterocycles. The maximum absolute atomic E-state index is 12.6. The molecule has 3 aromatic rings. The van der Waals surface area contributed by atoms with Crippen LogP contribution in [0.2, 0.25) is 0 Å². The van der Waals surface area contributed by atoms with Gasteiger partial charge in [-0.05, 0) is 28.7 Å². The van der Waals surface area contributed by atoms with Crippen LogP contribution < -0.4 is 10.6 Å². The normalized spacial score (nSPS) is 13.0. The van der Waals surface area contributed by atoms with Gasteiger partial charge in [-0.25, -0.2) is 4.79 Å². The Bertz CT molecular complexity index is 1140. The number of nitrogens with zero attached hydrogens (tertiary/aromatic N) is 2. The molecule has 0 spiro atoms. The number of fused-ring (bicyclic) bond motifs is 3. The van der Waals surface area contributed by atoms with E-state index in [2.05, 4.69) is 27.9 Å². The van der Waals surface area contributed by atoms with Crippen LogP contribution in [0.5, 0.6) is 0 Å². The Balaban J connectivity index is 1.35. The van der Waals surface area contributed by atoms with Gasteiger partial charge >= 0.3 is 12.1 Å². The van der Waals surface area contributed by atoms with Gasteiger partial charge in [0.2, 0.25) is 5.91 Å². The summed E-state index contributed by atoms with van der Waals surface area (Å²) in [7, 11) is 0. The summed E-state index contributed by atoms with van der Waals surface area (Å²) >= 11 is 0. The summed E-state index contributed by atoms with van der Waals surface area (Å²) in [5, 5.41) is 17.9. The number of rotatable bonds is 8. The van der Waals surface area contributed by atoms with Crippen molar-refractivity contribution in [3.05, 3.63) is 72.1 Å². The van der Waals surface area contributed by atoms with E-state index in [-0.39, 0.29) is 19.1 Å². The Morgan fingerprint density at radius 2 is 1.73 bits per heavy atom. The second-order valence-electron chi connectivity index (χ2n) is 7.74. The van der Waals surface area contributed by atoms with E-state index in [0.29, 0.717) is 12.1 Å². The van der Waals surface area contributed by atoms with Crippen molar-refractivity contribution in [2.45, 2.75) is 31.8 Å². The number of alkyl carbamates (subject to hydrolysis) is 1. The molecular weight excluding hydrogens is 424 g/mol. The molecule has 33 heavy (non-hydrogen) atoms. The Hall–Kier alpha value is -4.14. The van der Waals surface area contributed by atoms with Gasteiger partial charge in [-0.3, -0.25) is 14.3 Å². The van der Waals surface area contributed by atoms with Gasteiger partial charge in [0.1, 0.15) is 19.2 Å². The molecule has 4 rings (SSSR count). The van der Waals surface area contributed by atoms with Gasteiger partial charge in [-0.1, -0.05) is 55.5 Å². The number of carbonyl (C=O) groups excluding carboxylic acids is 2. The van der Waals surface area contributed by atoms with E-state index < -0.39 is 24.0 Å². The van der Waals surface area contributed by atoms with Crippen LogP contribution in [0.3, 0.4) is 0 Å². The molecular formula is C24H24N4O5.